The molecule has 2 aliphatic rings. The molecule has 3 N–H and O–H groups in total. The smallest absolute Gasteiger partial charge is 0.339 e. The van der Waals surface area contributed by atoms with Crippen molar-refractivity contribution in [3.63, 3.8) is 0 Å². The minimum absolute atomic E-state index is 0.136. The third-order valence-electron chi connectivity index (χ3n) is 4.52. The maximum absolute atomic E-state index is 12.2. The maximum Gasteiger partial charge on any atom is 0.339 e. The van der Waals surface area contributed by atoms with Gasteiger partial charge in [0.25, 0.3) is 0 Å². The van der Waals surface area contributed by atoms with Gasteiger partial charge in [0.05, 0.1) is 5.69 Å². The molecule has 2 atom stereocenters. The van der Waals surface area contributed by atoms with Gasteiger partial charge in [-0.05, 0) is 36.8 Å². The largest absolute Gasteiger partial charge is 0.505 e. The summed E-state index contributed by atoms with van der Waals surface area (Å²) in [5.41, 5.74) is -0.0805. The molecular formula is C15H18N2O4. The monoisotopic (exact) mass is 290 g/mol. The number of aromatic carboxylic acids is 1. The molecule has 2 unspecified atom stereocenters. The van der Waals surface area contributed by atoms with Crippen LogP contribution >= 0.6 is 0 Å². The van der Waals surface area contributed by atoms with Crippen LogP contribution in [-0.4, -0.2) is 40.2 Å². The van der Waals surface area contributed by atoms with Crippen molar-refractivity contribution in [2.75, 3.05) is 18.4 Å². The Hall–Kier alpha value is -2.24. The Balaban J connectivity index is 1.71. The van der Waals surface area contributed by atoms with Crippen molar-refractivity contribution < 1.29 is 19.8 Å². The van der Waals surface area contributed by atoms with Crippen molar-refractivity contribution in [1.29, 1.82) is 0 Å². The number of carboxylic acids is 1. The molecule has 1 heterocycles. The summed E-state index contributed by atoms with van der Waals surface area (Å²) in [4.78, 5) is 25.0. The van der Waals surface area contributed by atoms with Gasteiger partial charge in [-0.2, -0.15) is 0 Å². The van der Waals surface area contributed by atoms with Crippen molar-refractivity contribution in [1.82, 2.24) is 4.90 Å². The summed E-state index contributed by atoms with van der Waals surface area (Å²) in [6, 6.07) is 4.02. The van der Waals surface area contributed by atoms with Crippen LogP contribution in [-0.2, 0) is 0 Å². The molecule has 6 heteroatoms. The van der Waals surface area contributed by atoms with E-state index in [1.807, 2.05) is 0 Å². The Morgan fingerprint density at radius 1 is 1.19 bits per heavy atom. The van der Waals surface area contributed by atoms with Gasteiger partial charge in [0, 0.05) is 13.1 Å². The topological polar surface area (TPSA) is 89.9 Å². The van der Waals surface area contributed by atoms with E-state index in [1.165, 1.54) is 37.5 Å². The number of likely N-dealkylation sites (tertiary alicyclic amines) is 1. The minimum Gasteiger partial charge on any atom is -0.505 e. The fourth-order valence-electron chi connectivity index (χ4n) is 3.41. The van der Waals surface area contributed by atoms with Crippen LogP contribution in [0.25, 0.3) is 0 Å². The van der Waals surface area contributed by atoms with E-state index in [0.717, 1.165) is 13.1 Å². The SMILES string of the molecule is O=C(O)c1cccc(NC(=O)N2CC3CCCC3C2)c1O. The number of anilines is 1. The molecule has 1 saturated heterocycles. The first kappa shape index (κ1) is 13.7. The third kappa shape index (κ3) is 2.53. The van der Waals surface area contributed by atoms with E-state index in [9.17, 15) is 14.7 Å². The predicted molar refractivity (Wildman–Crippen MR) is 76.5 cm³/mol. The molecule has 1 aliphatic heterocycles. The normalized spacial score (nSPS) is 23.9. The van der Waals surface area contributed by atoms with Gasteiger partial charge in [-0.25, -0.2) is 9.59 Å². The van der Waals surface area contributed by atoms with Gasteiger partial charge in [-0.3, -0.25) is 0 Å². The van der Waals surface area contributed by atoms with Crippen LogP contribution in [0.4, 0.5) is 10.5 Å². The first-order valence-electron chi connectivity index (χ1n) is 7.17. The number of aromatic hydroxyl groups is 1. The maximum atomic E-state index is 12.2. The van der Waals surface area contributed by atoms with Gasteiger partial charge in [0.2, 0.25) is 0 Å². The summed E-state index contributed by atoms with van der Waals surface area (Å²) in [6.07, 6.45) is 3.59. The first-order valence-corrected chi connectivity index (χ1v) is 7.17. The molecular weight excluding hydrogens is 272 g/mol. The van der Waals surface area contributed by atoms with Gasteiger partial charge < -0.3 is 20.4 Å². The number of carboxylic acid groups (broad SMARTS) is 1. The van der Waals surface area contributed by atoms with Crippen LogP contribution in [0.2, 0.25) is 0 Å². The standard InChI is InChI=1S/C15H18N2O4/c18-13-11(14(19)20)5-2-6-12(13)16-15(21)17-7-9-3-1-4-10(9)8-17/h2,5-6,9-10,18H,1,3-4,7-8H2,(H,16,21)(H,19,20). The molecule has 0 aromatic heterocycles. The predicted octanol–water partition coefficient (Wildman–Crippen LogP) is 2.35. The highest BCUT2D eigenvalue weighted by Gasteiger charge is 2.38. The van der Waals surface area contributed by atoms with Crippen molar-refractivity contribution in [2.24, 2.45) is 11.8 Å². The number of hydrogen-bond acceptors (Lipinski definition) is 3. The molecule has 1 aliphatic carbocycles. The summed E-state index contributed by atoms with van der Waals surface area (Å²) in [5.74, 6) is -0.443. The Morgan fingerprint density at radius 3 is 2.48 bits per heavy atom. The minimum atomic E-state index is -1.22. The van der Waals surface area contributed by atoms with Crippen LogP contribution in [0.15, 0.2) is 18.2 Å². The Bertz CT molecular complexity index is 575. The number of carbonyl (C=O) groups excluding carboxylic acids is 1. The van der Waals surface area contributed by atoms with Crippen molar-refractivity contribution >= 4 is 17.7 Å². The number of para-hydroxylation sites is 1. The quantitative estimate of drug-likeness (QED) is 0.729. The molecule has 112 valence electrons. The second-order valence-corrected chi connectivity index (χ2v) is 5.79. The van der Waals surface area contributed by atoms with E-state index < -0.39 is 11.7 Å². The van der Waals surface area contributed by atoms with Crippen LogP contribution in [0.5, 0.6) is 5.75 Å². The van der Waals surface area contributed by atoms with Gasteiger partial charge in [-0.1, -0.05) is 12.5 Å². The summed E-state index contributed by atoms with van der Waals surface area (Å²) in [7, 11) is 0. The lowest BCUT2D eigenvalue weighted by molar-refractivity contribution is 0.0693. The number of urea groups is 1. The Kier molecular flexibility index (Phi) is 3.45. The molecule has 0 bridgehead atoms. The summed E-state index contributed by atoms with van der Waals surface area (Å²) in [5, 5.41) is 21.5. The van der Waals surface area contributed by atoms with Crippen LogP contribution in [0, 0.1) is 11.8 Å². The molecule has 1 aromatic rings. The van der Waals surface area contributed by atoms with Crippen LogP contribution in [0.1, 0.15) is 29.6 Å². The number of hydrogen-bond donors (Lipinski definition) is 3. The number of phenols is 1. The molecule has 6 nitrogen and oxygen atoms in total. The van der Waals surface area contributed by atoms with Gasteiger partial charge in [0.15, 0.2) is 5.75 Å². The average molecular weight is 290 g/mol. The van der Waals surface area contributed by atoms with Crippen molar-refractivity contribution in [3.05, 3.63) is 23.8 Å². The molecule has 1 aromatic carbocycles. The average Bonchev–Trinajstić information content (AvgIpc) is 3.01. The second-order valence-electron chi connectivity index (χ2n) is 5.79. The lowest BCUT2D eigenvalue weighted by Gasteiger charge is -2.18. The number of nitrogens with one attached hydrogen (secondary N) is 1. The highest BCUT2D eigenvalue weighted by molar-refractivity contribution is 5.97. The molecule has 1 saturated carbocycles. The van der Waals surface area contributed by atoms with E-state index >= 15 is 0 Å². The first-order chi connectivity index (χ1) is 10.1. The summed E-state index contributed by atoms with van der Waals surface area (Å²) < 4.78 is 0. The van der Waals surface area contributed by atoms with E-state index in [4.69, 9.17) is 5.11 Å². The molecule has 21 heavy (non-hydrogen) atoms. The number of carbonyl (C=O) groups is 2. The lowest BCUT2D eigenvalue weighted by atomic mass is 10.0. The molecule has 0 spiro atoms. The van der Waals surface area contributed by atoms with Gasteiger partial charge in [-0.15, -0.1) is 0 Å². The zero-order valence-corrected chi connectivity index (χ0v) is 11.6. The number of amides is 2. The number of nitrogens with zero attached hydrogens (tertiary/aromatic N) is 1. The van der Waals surface area contributed by atoms with Crippen LogP contribution in [0.3, 0.4) is 0 Å². The Morgan fingerprint density at radius 2 is 1.86 bits per heavy atom. The second kappa shape index (κ2) is 5.27. The zero-order chi connectivity index (χ0) is 15.0. The van der Waals surface area contributed by atoms with Crippen LogP contribution < -0.4 is 5.32 Å². The summed E-state index contributed by atoms with van der Waals surface area (Å²) in [6.45, 7) is 1.49. The fourth-order valence-corrected chi connectivity index (χ4v) is 3.41. The fraction of sp³-hybridized carbons (Fsp3) is 0.467. The number of rotatable bonds is 2. The van der Waals surface area contributed by atoms with Crippen molar-refractivity contribution in [2.45, 2.75) is 19.3 Å². The van der Waals surface area contributed by atoms with Crippen molar-refractivity contribution in [3.8, 4) is 5.75 Å². The third-order valence-corrected chi connectivity index (χ3v) is 4.52. The molecule has 2 fully saturated rings. The van der Waals surface area contributed by atoms with E-state index in [1.54, 1.807) is 4.90 Å². The van der Waals surface area contributed by atoms with Gasteiger partial charge >= 0.3 is 12.0 Å². The zero-order valence-electron chi connectivity index (χ0n) is 11.6. The molecule has 0 radical (unpaired) electrons. The number of fused-ring (bicyclic) bond motifs is 1. The van der Waals surface area contributed by atoms with Gasteiger partial charge in [0.1, 0.15) is 5.56 Å². The lowest BCUT2D eigenvalue weighted by Crippen LogP contribution is -2.33. The summed E-state index contributed by atoms with van der Waals surface area (Å²) >= 11 is 0. The Labute approximate surface area is 122 Å². The van der Waals surface area contributed by atoms with E-state index in [2.05, 4.69) is 5.32 Å². The highest BCUT2D eigenvalue weighted by Crippen LogP contribution is 2.38. The highest BCUT2D eigenvalue weighted by atomic mass is 16.4. The number of benzene rings is 1. The molecule has 3 rings (SSSR count). The van der Waals surface area contributed by atoms with E-state index in [0.29, 0.717) is 11.8 Å². The molecule has 2 amide bonds. The van der Waals surface area contributed by atoms with E-state index in [-0.39, 0.29) is 17.3 Å².